The van der Waals surface area contributed by atoms with Crippen LogP contribution >= 0.6 is 23.2 Å². The van der Waals surface area contributed by atoms with Crippen LogP contribution in [0.2, 0.25) is 5.02 Å². The maximum atomic E-state index is 6.45. The lowest BCUT2D eigenvalue weighted by molar-refractivity contribution is 0.907. The van der Waals surface area contributed by atoms with E-state index in [1.165, 1.54) is 5.56 Å². The summed E-state index contributed by atoms with van der Waals surface area (Å²) in [7, 11) is 0. The second-order valence-corrected chi connectivity index (χ2v) is 5.99. The molecule has 0 amide bonds. The Labute approximate surface area is 134 Å². The summed E-state index contributed by atoms with van der Waals surface area (Å²) < 4.78 is 2.14. The second kappa shape index (κ2) is 5.70. The van der Waals surface area contributed by atoms with Crippen molar-refractivity contribution in [1.29, 1.82) is 0 Å². The Bertz CT molecular complexity index is 786. The van der Waals surface area contributed by atoms with Crippen molar-refractivity contribution in [1.82, 2.24) is 9.55 Å². The van der Waals surface area contributed by atoms with Crippen LogP contribution in [-0.2, 0) is 6.42 Å². The minimum atomic E-state index is 0.534. The first-order valence-electron chi connectivity index (χ1n) is 6.91. The molecule has 21 heavy (non-hydrogen) atoms. The van der Waals surface area contributed by atoms with Crippen LogP contribution in [0.15, 0.2) is 36.4 Å². The number of benzene rings is 2. The number of rotatable bonds is 3. The largest absolute Gasteiger partial charge is 0.294 e. The van der Waals surface area contributed by atoms with Crippen LogP contribution in [0.4, 0.5) is 0 Å². The molecule has 4 heteroatoms. The molecule has 1 heterocycles. The maximum Gasteiger partial charge on any atom is 0.115 e. The molecule has 3 aromatic rings. The van der Waals surface area contributed by atoms with E-state index in [9.17, 15) is 0 Å². The second-order valence-electron chi connectivity index (χ2n) is 5.20. The number of aromatic nitrogens is 2. The number of hydrogen-bond donors (Lipinski definition) is 0. The van der Waals surface area contributed by atoms with Gasteiger partial charge in [0.15, 0.2) is 0 Å². The number of hydrogen-bond acceptors (Lipinski definition) is 1. The number of alkyl halides is 1. The molecular weight excluding hydrogens is 303 g/mol. The number of imidazole rings is 1. The molecule has 0 bridgehead atoms. The fourth-order valence-electron chi connectivity index (χ4n) is 2.64. The number of para-hydroxylation sites is 1. The van der Waals surface area contributed by atoms with Gasteiger partial charge in [-0.3, -0.25) is 4.57 Å². The summed E-state index contributed by atoms with van der Waals surface area (Å²) in [6, 6.07) is 12.2. The van der Waals surface area contributed by atoms with Crippen LogP contribution in [0.25, 0.3) is 16.7 Å². The Morgan fingerprint density at radius 1 is 1.14 bits per heavy atom. The Hall–Kier alpha value is -1.51. The Morgan fingerprint density at radius 2 is 1.95 bits per heavy atom. The molecule has 0 unspecified atom stereocenters. The van der Waals surface area contributed by atoms with E-state index in [-0.39, 0.29) is 0 Å². The zero-order chi connectivity index (χ0) is 15.0. The number of aryl methyl sites for hydroxylation is 3. The SMILES string of the molecule is Cc1ccc2nc(CCCl)n(-c3c(C)cccc3Cl)c2c1. The molecule has 0 aliphatic carbocycles. The first-order valence-corrected chi connectivity index (χ1v) is 7.82. The molecule has 0 aliphatic heterocycles. The lowest BCUT2D eigenvalue weighted by atomic mass is 10.1. The van der Waals surface area contributed by atoms with Gasteiger partial charge in [0, 0.05) is 12.3 Å². The highest BCUT2D eigenvalue weighted by Crippen LogP contribution is 2.30. The summed E-state index contributed by atoms with van der Waals surface area (Å²) in [5, 5.41) is 0.728. The molecule has 0 atom stereocenters. The molecule has 3 rings (SSSR count). The van der Waals surface area contributed by atoms with Gasteiger partial charge in [0.05, 0.1) is 21.7 Å². The maximum absolute atomic E-state index is 6.45. The highest BCUT2D eigenvalue weighted by Gasteiger charge is 2.16. The summed E-state index contributed by atoms with van der Waals surface area (Å²) in [6.45, 7) is 4.14. The average Bonchev–Trinajstić information content (AvgIpc) is 2.77. The highest BCUT2D eigenvalue weighted by atomic mass is 35.5. The smallest absolute Gasteiger partial charge is 0.115 e. The predicted molar refractivity (Wildman–Crippen MR) is 90.0 cm³/mol. The number of halogens is 2. The van der Waals surface area contributed by atoms with Gasteiger partial charge in [0.2, 0.25) is 0 Å². The molecule has 0 saturated heterocycles. The van der Waals surface area contributed by atoms with Crippen LogP contribution in [-0.4, -0.2) is 15.4 Å². The molecule has 108 valence electrons. The Kier molecular flexibility index (Phi) is 3.92. The van der Waals surface area contributed by atoms with Crippen molar-refractivity contribution >= 4 is 34.2 Å². The normalized spacial score (nSPS) is 11.2. The molecule has 0 saturated carbocycles. The van der Waals surface area contributed by atoms with E-state index in [0.717, 1.165) is 33.1 Å². The fourth-order valence-corrected chi connectivity index (χ4v) is 3.12. The zero-order valence-corrected chi connectivity index (χ0v) is 13.5. The van der Waals surface area contributed by atoms with E-state index in [0.29, 0.717) is 12.3 Å². The van der Waals surface area contributed by atoms with Gasteiger partial charge in [-0.25, -0.2) is 4.98 Å². The monoisotopic (exact) mass is 318 g/mol. The molecule has 2 aromatic carbocycles. The quantitative estimate of drug-likeness (QED) is 0.616. The molecule has 2 nitrogen and oxygen atoms in total. The van der Waals surface area contributed by atoms with Crippen molar-refractivity contribution in [3.63, 3.8) is 0 Å². The van der Waals surface area contributed by atoms with E-state index < -0.39 is 0 Å². The van der Waals surface area contributed by atoms with Crippen LogP contribution in [0, 0.1) is 13.8 Å². The van der Waals surface area contributed by atoms with Crippen LogP contribution in [0.5, 0.6) is 0 Å². The Morgan fingerprint density at radius 3 is 2.67 bits per heavy atom. The minimum Gasteiger partial charge on any atom is -0.294 e. The lowest BCUT2D eigenvalue weighted by Crippen LogP contribution is -2.04. The zero-order valence-electron chi connectivity index (χ0n) is 12.0. The number of nitrogens with zero attached hydrogens (tertiary/aromatic N) is 2. The van der Waals surface area contributed by atoms with Gasteiger partial charge in [0.1, 0.15) is 5.82 Å². The van der Waals surface area contributed by atoms with Gasteiger partial charge >= 0.3 is 0 Å². The predicted octanol–water partition coefficient (Wildman–Crippen LogP) is 5.08. The standard InChI is InChI=1S/C17H16Cl2N2/c1-11-6-7-14-15(10-11)21(16(20-14)8-9-18)17-12(2)4-3-5-13(17)19/h3-7,10H,8-9H2,1-2H3. The molecule has 0 fully saturated rings. The van der Waals surface area contributed by atoms with Crippen molar-refractivity contribution in [3.8, 4) is 5.69 Å². The Balaban J connectivity index is 2.38. The van der Waals surface area contributed by atoms with Crippen molar-refractivity contribution in [3.05, 3.63) is 58.4 Å². The lowest BCUT2D eigenvalue weighted by Gasteiger charge is -2.13. The number of fused-ring (bicyclic) bond motifs is 1. The van der Waals surface area contributed by atoms with E-state index in [4.69, 9.17) is 28.2 Å². The average molecular weight is 319 g/mol. The van der Waals surface area contributed by atoms with E-state index >= 15 is 0 Å². The topological polar surface area (TPSA) is 17.8 Å². The van der Waals surface area contributed by atoms with Crippen molar-refractivity contribution < 1.29 is 0 Å². The molecule has 0 spiro atoms. The van der Waals surface area contributed by atoms with E-state index in [1.54, 1.807) is 0 Å². The van der Waals surface area contributed by atoms with Crippen LogP contribution in [0.1, 0.15) is 17.0 Å². The van der Waals surface area contributed by atoms with Crippen molar-refractivity contribution in [2.45, 2.75) is 20.3 Å². The van der Waals surface area contributed by atoms with Gasteiger partial charge < -0.3 is 0 Å². The van der Waals surface area contributed by atoms with Gasteiger partial charge in [-0.1, -0.05) is 29.8 Å². The van der Waals surface area contributed by atoms with Crippen LogP contribution in [0.3, 0.4) is 0 Å². The third kappa shape index (κ3) is 2.54. The first-order chi connectivity index (χ1) is 10.1. The summed E-state index contributed by atoms with van der Waals surface area (Å²) in [4.78, 5) is 4.72. The van der Waals surface area contributed by atoms with Gasteiger partial charge in [0.25, 0.3) is 0 Å². The fraction of sp³-hybridized carbons (Fsp3) is 0.235. The summed E-state index contributed by atoms with van der Waals surface area (Å²) in [5.41, 5.74) is 5.36. The summed E-state index contributed by atoms with van der Waals surface area (Å²) in [6.07, 6.45) is 0.708. The van der Waals surface area contributed by atoms with E-state index in [2.05, 4.69) is 36.6 Å². The molecular formula is C17H16Cl2N2. The van der Waals surface area contributed by atoms with Crippen LogP contribution < -0.4 is 0 Å². The third-order valence-electron chi connectivity index (χ3n) is 3.61. The third-order valence-corrected chi connectivity index (χ3v) is 4.10. The summed E-state index contributed by atoms with van der Waals surface area (Å²) >= 11 is 12.4. The van der Waals surface area contributed by atoms with E-state index in [1.807, 2.05) is 18.2 Å². The van der Waals surface area contributed by atoms with Gasteiger partial charge in [-0.15, -0.1) is 11.6 Å². The molecule has 1 aromatic heterocycles. The first kappa shape index (κ1) is 14.4. The summed E-state index contributed by atoms with van der Waals surface area (Å²) in [5.74, 6) is 1.48. The molecule has 0 aliphatic rings. The van der Waals surface area contributed by atoms with Crippen molar-refractivity contribution in [2.24, 2.45) is 0 Å². The highest BCUT2D eigenvalue weighted by molar-refractivity contribution is 6.32. The molecule has 0 radical (unpaired) electrons. The van der Waals surface area contributed by atoms with Gasteiger partial charge in [-0.2, -0.15) is 0 Å². The molecule has 0 N–H and O–H groups in total. The minimum absolute atomic E-state index is 0.534. The van der Waals surface area contributed by atoms with Crippen molar-refractivity contribution in [2.75, 3.05) is 5.88 Å². The van der Waals surface area contributed by atoms with Gasteiger partial charge in [-0.05, 0) is 43.2 Å².